The predicted molar refractivity (Wildman–Crippen MR) is 48.1 cm³/mol. The van der Waals surface area contributed by atoms with Crippen LogP contribution < -0.4 is 5.32 Å². The highest BCUT2D eigenvalue weighted by Crippen LogP contribution is 2.05. The summed E-state index contributed by atoms with van der Waals surface area (Å²) in [5.41, 5.74) is 0.481. The van der Waals surface area contributed by atoms with Crippen LogP contribution in [0.5, 0.6) is 0 Å². The number of esters is 1. The summed E-state index contributed by atoms with van der Waals surface area (Å²) in [6, 6.07) is 0. The summed E-state index contributed by atoms with van der Waals surface area (Å²) in [5, 5.41) is 3.07. The third-order valence-electron chi connectivity index (χ3n) is 1.85. The van der Waals surface area contributed by atoms with Gasteiger partial charge in [-0.15, -0.1) is 0 Å². The molecule has 1 aliphatic heterocycles. The zero-order valence-corrected chi connectivity index (χ0v) is 7.84. The van der Waals surface area contributed by atoms with Crippen LogP contribution in [-0.2, 0) is 14.3 Å². The SMILES string of the molecule is C=C(CC)C(=O)OC1CNCCO1. The summed E-state index contributed by atoms with van der Waals surface area (Å²) in [6.07, 6.45) is 0.156. The Hall–Kier alpha value is -0.870. The third-order valence-corrected chi connectivity index (χ3v) is 1.85. The molecule has 1 saturated heterocycles. The van der Waals surface area contributed by atoms with Crippen molar-refractivity contribution in [1.82, 2.24) is 5.32 Å². The average Bonchev–Trinajstić information content (AvgIpc) is 2.18. The quantitative estimate of drug-likeness (QED) is 0.512. The molecule has 13 heavy (non-hydrogen) atoms. The summed E-state index contributed by atoms with van der Waals surface area (Å²) in [4.78, 5) is 11.2. The minimum atomic E-state index is -0.454. The molecule has 1 fully saturated rings. The Bertz CT molecular complexity index is 197. The standard InChI is InChI=1S/C9H15NO3/c1-3-7(2)9(11)13-8-6-10-4-5-12-8/h8,10H,2-6H2,1H3. The van der Waals surface area contributed by atoms with Crippen molar-refractivity contribution in [1.29, 1.82) is 0 Å². The topological polar surface area (TPSA) is 47.6 Å². The fraction of sp³-hybridized carbons (Fsp3) is 0.667. The maximum absolute atomic E-state index is 11.2. The highest BCUT2D eigenvalue weighted by atomic mass is 16.7. The molecular formula is C9H15NO3. The molecule has 1 aliphatic rings. The van der Waals surface area contributed by atoms with E-state index in [1.807, 2.05) is 6.92 Å². The Morgan fingerprint density at radius 2 is 2.54 bits per heavy atom. The summed E-state index contributed by atoms with van der Waals surface area (Å²) in [5.74, 6) is -0.365. The number of carbonyl (C=O) groups excluding carboxylic acids is 1. The van der Waals surface area contributed by atoms with Crippen molar-refractivity contribution in [3.8, 4) is 0 Å². The van der Waals surface area contributed by atoms with Gasteiger partial charge in [-0.05, 0) is 6.42 Å². The second-order valence-electron chi connectivity index (χ2n) is 2.87. The van der Waals surface area contributed by atoms with Gasteiger partial charge in [0.2, 0.25) is 6.29 Å². The minimum absolute atomic E-state index is 0.365. The number of ether oxygens (including phenoxy) is 2. The third kappa shape index (κ3) is 3.16. The van der Waals surface area contributed by atoms with Gasteiger partial charge >= 0.3 is 5.97 Å². The molecule has 0 bridgehead atoms. The van der Waals surface area contributed by atoms with Crippen molar-refractivity contribution in [2.45, 2.75) is 19.6 Å². The molecule has 1 N–H and O–H groups in total. The van der Waals surface area contributed by atoms with E-state index in [2.05, 4.69) is 11.9 Å². The molecule has 74 valence electrons. The van der Waals surface area contributed by atoms with Crippen LogP contribution >= 0.6 is 0 Å². The molecule has 1 heterocycles. The van der Waals surface area contributed by atoms with Gasteiger partial charge in [-0.1, -0.05) is 13.5 Å². The number of carbonyl (C=O) groups is 1. The lowest BCUT2D eigenvalue weighted by atomic mass is 10.2. The van der Waals surface area contributed by atoms with Gasteiger partial charge in [-0.2, -0.15) is 0 Å². The molecule has 4 heteroatoms. The van der Waals surface area contributed by atoms with Crippen molar-refractivity contribution in [3.63, 3.8) is 0 Å². The first kappa shape index (κ1) is 10.2. The van der Waals surface area contributed by atoms with Crippen LogP contribution in [0.1, 0.15) is 13.3 Å². The summed E-state index contributed by atoms with van der Waals surface area (Å²) < 4.78 is 10.2. The van der Waals surface area contributed by atoms with Gasteiger partial charge in [0.15, 0.2) is 0 Å². The number of morpholine rings is 1. The van der Waals surface area contributed by atoms with Crippen LogP contribution in [0.2, 0.25) is 0 Å². The number of rotatable bonds is 3. The van der Waals surface area contributed by atoms with Crippen LogP contribution in [0.3, 0.4) is 0 Å². The fourth-order valence-electron chi connectivity index (χ4n) is 0.964. The minimum Gasteiger partial charge on any atom is -0.431 e. The van der Waals surface area contributed by atoms with E-state index in [0.29, 0.717) is 25.1 Å². The molecule has 0 aromatic heterocycles. The number of hydrogen-bond acceptors (Lipinski definition) is 4. The lowest BCUT2D eigenvalue weighted by Crippen LogP contribution is -2.41. The van der Waals surface area contributed by atoms with Gasteiger partial charge in [0.05, 0.1) is 13.2 Å². The van der Waals surface area contributed by atoms with Gasteiger partial charge < -0.3 is 14.8 Å². The van der Waals surface area contributed by atoms with Gasteiger partial charge in [0, 0.05) is 12.1 Å². The maximum atomic E-state index is 11.2. The van der Waals surface area contributed by atoms with E-state index < -0.39 is 6.29 Å². The van der Waals surface area contributed by atoms with E-state index in [1.165, 1.54) is 0 Å². The molecule has 1 unspecified atom stereocenters. The van der Waals surface area contributed by atoms with Gasteiger partial charge in [-0.25, -0.2) is 4.79 Å². The van der Waals surface area contributed by atoms with Gasteiger partial charge in [0.1, 0.15) is 0 Å². The van der Waals surface area contributed by atoms with E-state index in [1.54, 1.807) is 0 Å². The van der Waals surface area contributed by atoms with Crippen molar-refractivity contribution in [2.24, 2.45) is 0 Å². The Balaban J connectivity index is 2.30. The van der Waals surface area contributed by atoms with Crippen molar-refractivity contribution >= 4 is 5.97 Å². The van der Waals surface area contributed by atoms with E-state index in [4.69, 9.17) is 9.47 Å². The van der Waals surface area contributed by atoms with Crippen molar-refractivity contribution < 1.29 is 14.3 Å². The maximum Gasteiger partial charge on any atom is 0.335 e. The number of nitrogens with one attached hydrogen (secondary N) is 1. The molecule has 4 nitrogen and oxygen atoms in total. The molecule has 0 saturated carbocycles. The Morgan fingerprint density at radius 1 is 1.77 bits per heavy atom. The fourth-order valence-corrected chi connectivity index (χ4v) is 0.964. The van der Waals surface area contributed by atoms with Crippen molar-refractivity contribution in [2.75, 3.05) is 19.7 Å². The molecule has 1 atom stereocenters. The zero-order valence-electron chi connectivity index (χ0n) is 7.84. The Morgan fingerprint density at radius 3 is 3.08 bits per heavy atom. The second kappa shape index (κ2) is 4.99. The molecular weight excluding hydrogens is 170 g/mol. The molecule has 0 aliphatic carbocycles. The first-order valence-electron chi connectivity index (χ1n) is 4.45. The van der Waals surface area contributed by atoms with Crippen LogP contribution in [0.4, 0.5) is 0 Å². The second-order valence-corrected chi connectivity index (χ2v) is 2.87. The van der Waals surface area contributed by atoms with E-state index in [0.717, 1.165) is 6.54 Å². The lowest BCUT2D eigenvalue weighted by Gasteiger charge is -2.23. The van der Waals surface area contributed by atoms with Crippen LogP contribution in [-0.4, -0.2) is 32.0 Å². The molecule has 0 radical (unpaired) electrons. The highest BCUT2D eigenvalue weighted by Gasteiger charge is 2.18. The molecule has 0 spiro atoms. The summed E-state index contributed by atoms with van der Waals surface area (Å²) >= 11 is 0. The van der Waals surface area contributed by atoms with Crippen LogP contribution in [0.25, 0.3) is 0 Å². The van der Waals surface area contributed by atoms with E-state index >= 15 is 0 Å². The average molecular weight is 185 g/mol. The molecule has 0 aromatic rings. The van der Waals surface area contributed by atoms with Crippen LogP contribution in [0.15, 0.2) is 12.2 Å². The lowest BCUT2D eigenvalue weighted by molar-refractivity contribution is -0.178. The normalized spacial score (nSPS) is 22.4. The Labute approximate surface area is 77.9 Å². The zero-order chi connectivity index (χ0) is 9.68. The Kier molecular flexibility index (Phi) is 3.92. The molecule has 0 aromatic carbocycles. The highest BCUT2D eigenvalue weighted by molar-refractivity contribution is 5.87. The van der Waals surface area contributed by atoms with Crippen LogP contribution in [0, 0.1) is 0 Å². The largest absolute Gasteiger partial charge is 0.431 e. The molecule has 0 amide bonds. The summed E-state index contributed by atoms with van der Waals surface area (Å²) in [7, 11) is 0. The summed E-state index contributed by atoms with van der Waals surface area (Å²) in [6.45, 7) is 7.40. The smallest absolute Gasteiger partial charge is 0.335 e. The monoisotopic (exact) mass is 185 g/mol. The first-order chi connectivity index (χ1) is 6.24. The first-order valence-corrected chi connectivity index (χ1v) is 4.45. The van der Waals surface area contributed by atoms with Gasteiger partial charge in [0.25, 0.3) is 0 Å². The van der Waals surface area contributed by atoms with E-state index in [9.17, 15) is 4.79 Å². The predicted octanol–water partition coefficient (Wildman–Crippen LogP) is 0.442. The van der Waals surface area contributed by atoms with E-state index in [-0.39, 0.29) is 5.97 Å². The number of hydrogen-bond donors (Lipinski definition) is 1. The van der Waals surface area contributed by atoms with Gasteiger partial charge in [-0.3, -0.25) is 0 Å². The molecule has 1 rings (SSSR count). The van der Waals surface area contributed by atoms with Crippen molar-refractivity contribution in [3.05, 3.63) is 12.2 Å².